The highest BCUT2D eigenvalue weighted by molar-refractivity contribution is 5.69. The van der Waals surface area contributed by atoms with Crippen LogP contribution in [0.15, 0.2) is 30.5 Å². The third-order valence-electron chi connectivity index (χ3n) is 3.70. The fraction of sp³-hybridized carbons (Fsp3) is 0.375. The van der Waals surface area contributed by atoms with Gasteiger partial charge in [0.15, 0.2) is 5.82 Å². The molecular weight excluding hydrogens is 294 g/mol. The van der Waals surface area contributed by atoms with E-state index in [1.54, 1.807) is 11.1 Å². The second kappa shape index (κ2) is 6.60. The summed E-state index contributed by atoms with van der Waals surface area (Å²) < 4.78 is 4.69. The molecule has 7 heteroatoms. The highest BCUT2D eigenvalue weighted by Gasteiger charge is 2.31. The number of carbonyl (C=O) groups excluding carboxylic acids is 1. The lowest BCUT2D eigenvalue weighted by molar-refractivity contribution is 0.0929. The zero-order valence-electron chi connectivity index (χ0n) is 13.2. The van der Waals surface area contributed by atoms with Crippen LogP contribution in [0.3, 0.4) is 0 Å². The standard InChI is InChI=1S/C16H19N5O2/c1-3-11-8-14(18-12-9-21(10-12)16(22)23-2)20-15(19-11)13-6-4-5-7-17-13/h4-8,12H,3,9-10H2,1-2H3,(H,18,19,20). The first-order valence-corrected chi connectivity index (χ1v) is 7.58. The van der Waals surface area contributed by atoms with Gasteiger partial charge in [-0.2, -0.15) is 0 Å². The average molecular weight is 313 g/mol. The molecule has 0 aromatic carbocycles. The molecule has 1 aliphatic heterocycles. The van der Waals surface area contributed by atoms with E-state index in [2.05, 4.69) is 27.2 Å². The van der Waals surface area contributed by atoms with Crippen LogP contribution in [-0.2, 0) is 11.2 Å². The van der Waals surface area contributed by atoms with Crippen LogP contribution in [0.5, 0.6) is 0 Å². The van der Waals surface area contributed by atoms with Gasteiger partial charge in [0.2, 0.25) is 0 Å². The van der Waals surface area contributed by atoms with Crippen LogP contribution < -0.4 is 5.32 Å². The summed E-state index contributed by atoms with van der Waals surface area (Å²) in [6.45, 7) is 3.27. The molecule has 23 heavy (non-hydrogen) atoms. The molecule has 0 bridgehead atoms. The van der Waals surface area contributed by atoms with Gasteiger partial charge in [-0.05, 0) is 18.6 Å². The average Bonchev–Trinajstić information content (AvgIpc) is 2.57. The Bertz CT molecular complexity index is 686. The third-order valence-corrected chi connectivity index (χ3v) is 3.70. The van der Waals surface area contributed by atoms with Crippen LogP contribution in [0.1, 0.15) is 12.6 Å². The van der Waals surface area contributed by atoms with Crippen molar-refractivity contribution in [2.24, 2.45) is 0 Å². The van der Waals surface area contributed by atoms with Crippen LogP contribution in [0.4, 0.5) is 10.6 Å². The largest absolute Gasteiger partial charge is 0.453 e. The lowest BCUT2D eigenvalue weighted by Gasteiger charge is -2.38. The summed E-state index contributed by atoms with van der Waals surface area (Å²) in [7, 11) is 1.39. The van der Waals surface area contributed by atoms with Gasteiger partial charge in [0, 0.05) is 31.0 Å². The summed E-state index contributed by atoms with van der Waals surface area (Å²) >= 11 is 0. The fourth-order valence-corrected chi connectivity index (χ4v) is 2.42. The van der Waals surface area contributed by atoms with E-state index in [0.717, 1.165) is 23.6 Å². The number of rotatable bonds is 4. The SMILES string of the molecule is CCc1cc(NC2CN(C(=O)OC)C2)nc(-c2ccccn2)n1. The summed E-state index contributed by atoms with van der Waals surface area (Å²) in [4.78, 5) is 26.4. The molecule has 3 heterocycles. The molecule has 0 atom stereocenters. The molecule has 1 N–H and O–H groups in total. The predicted molar refractivity (Wildman–Crippen MR) is 86.0 cm³/mol. The van der Waals surface area contributed by atoms with Gasteiger partial charge in [-0.3, -0.25) is 4.98 Å². The van der Waals surface area contributed by atoms with E-state index >= 15 is 0 Å². The molecule has 1 fully saturated rings. The first-order valence-electron chi connectivity index (χ1n) is 7.58. The minimum absolute atomic E-state index is 0.172. The van der Waals surface area contributed by atoms with E-state index in [4.69, 9.17) is 4.74 Å². The lowest BCUT2D eigenvalue weighted by Crippen LogP contribution is -2.57. The summed E-state index contributed by atoms with van der Waals surface area (Å²) in [5, 5.41) is 3.34. The Balaban J connectivity index is 1.74. The molecule has 3 rings (SSSR count). The van der Waals surface area contributed by atoms with Crippen molar-refractivity contribution in [3.05, 3.63) is 36.2 Å². The minimum atomic E-state index is -0.297. The number of nitrogens with one attached hydrogen (secondary N) is 1. The van der Waals surface area contributed by atoms with Gasteiger partial charge in [-0.1, -0.05) is 13.0 Å². The number of hydrogen-bond acceptors (Lipinski definition) is 6. The molecule has 0 saturated carbocycles. The summed E-state index contributed by atoms with van der Waals surface area (Å²) in [6, 6.07) is 7.78. The molecule has 1 amide bonds. The lowest BCUT2D eigenvalue weighted by atomic mass is 10.1. The molecule has 0 unspecified atom stereocenters. The number of likely N-dealkylation sites (tertiary alicyclic amines) is 1. The minimum Gasteiger partial charge on any atom is -0.453 e. The Kier molecular flexibility index (Phi) is 4.36. The van der Waals surface area contributed by atoms with Gasteiger partial charge in [-0.15, -0.1) is 0 Å². The van der Waals surface area contributed by atoms with Gasteiger partial charge < -0.3 is 15.0 Å². The Hall–Kier alpha value is -2.70. The number of aryl methyl sites for hydroxylation is 1. The van der Waals surface area contributed by atoms with E-state index in [1.165, 1.54) is 7.11 Å². The molecule has 0 aliphatic carbocycles. The summed E-state index contributed by atoms with van der Waals surface area (Å²) in [5.74, 6) is 1.36. The number of anilines is 1. The number of aromatic nitrogens is 3. The number of hydrogen-bond donors (Lipinski definition) is 1. The molecule has 7 nitrogen and oxygen atoms in total. The quantitative estimate of drug-likeness (QED) is 0.929. The van der Waals surface area contributed by atoms with Crippen molar-refractivity contribution in [3.63, 3.8) is 0 Å². The van der Waals surface area contributed by atoms with Crippen LogP contribution in [0.25, 0.3) is 11.5 Å². The molecule has 2 aromatic rings. The van der Waals surface area contributed by atoms with Crippen molar-refractivity contribution in [1.82, 2.24) is 19.9 Å². The van der Waals surface area contributed by atoms with Crippen LogP contribution in [0.2, 0.25) is 0 Å². The first-order chi connectivity index (χ1) is 11.2. The van der Waals surface area contributed by atoms with Gasteiger partial charge in [0.1, 0.15) is 11.5 Å². The second-order valence-corrected chi connectivity index (χ2v) is 5.35. The Morgan fingerprint density at radius 3 is 2.87 bits per heavy atom. The van der Waals surface area contributed by atoms with Crippen LogP contribution in [-0.4, -0.2) is 52.2 Å². The van der Waals surface area contributed by atoms with Gasteiger partial charge in [-0.25, -0.2) is 14.8 Å². The fourth-order valence-electron chi connectivity index (χ4n) is 2.42. The number of carbonyl (C=O) groups is 1. The topological polar surface area (TPSA) is 80.2 Å². The van der Waals surface area contributed by atoms with Gasteiger partial charge in [0.25, 0.3) is 0 Å². The Labute approximate surface area is 134 Å². The molecule has 0 spiro atoms. The van der Waals surface area contributed by atoms with Crippen molar-refractivity contribution in [2.75, 3.05) is 25.5 Å². The maximum absolute atomic E-state index is 11.4. The van der Waals surface area contributed by atoms with E-state index in [9.17, 15) is 4.79 Å². The van der Waals surface area contributed by atoms with Crippen molar-refractivity contribution in [1.29, 1.82) is 0 Å². The van der Waals surface area contributed by atoms with Gasteiger partial charge >= 0.3 is 6.09 Å². The van der Waals surface area contributed by atoms with Crippen molar-refractivity contribution >= 4 is 11.9 Å². The van der Waals surface area contributed by atoms with Crippen molar-refractivity contribution < 1.29 is 9.53 Å². The molecule has 120 valence electrons. The summed E-state index contributed by atoms with van der Waals surface area (Å²) in [5.41, 5.74) is 1.70. The zero-order chi connectivity index (χ0) is 16.2. The number of amides is 1. The zero-order valence-corrected chi connectivity index (χ0v) is 13.2. The maximum Gasteiger partial charge on any atom is 0.409 e. The van der Waals surface area contributed by atoms with E-state index in [1.807, 2.05) is 24.3 Å². The van der Waals surface area contributed by atoms with Crippen LogP contribution >= 0.6 is 0 Å². The maximum atomic E-state index is 11.4. The Morgan fingerprint density at radius 2 is 2.22 bits per heavy atom. The normalized spacial score (nSPS) is 14.3. The highest BCUT2D eigenvalue weighted by Crippen LogP contribution is 2.19. The predicted octanol–water partition coefficient (Wildman–Crippen LogP) is 1.96. The van der Waals surface area contributed by atoms with Gasteiger partial charge in [0.05, 0.1) is 13.2 Å². The second-order valence-electron chi connectivity index (χ2n) is 5.35. The molecular formula is C16H19N5O2. The van der Waals surface area contributed by atoms with Crippen molar-refractivity contribution in [3.8, 4) is 11.5 Å². The smallest absolute Gasteiger partial charge is 0.409 e. The monoisotopic (exact) mass is 313 g/mol. The number of pyridine rings is 1. The molecule has 0 radical (unpaired) electrons. The first kappa shape index (κ1) is 15.2. The number of ether oxygens (including phenoxy) is 1. The summed E-state index contributed by atoms with van der Waals surface area (Å²) in [6.07, 6.45) is 2.25. The molecule has 1 saturated heterocycles. The van der Waals surface area contributed by atoms with E-state index in [0.29, 0.717) is 18.9 Å². The highest BCUT2D eigenvalue weighted by atomic mass is 16.5. The number of methoxy groups -OCH3 is 1. The van der Waals surface area contributed by atoms with E-state index in [-0.39, 0.29) is 12.1 Å². The molecule has 1 aliphatic rings. The van der Waals surface area contributed by atoms with E-state index < -0.39 is 0 Å². The Morgan fingerprint density at radius 1 is 1.39 bits per heavy atom. The number of nitrogens with zero attached hydrogens (tertiary/aromatic N) is 4. The van der Waals surface area contributed by atoms with Crippen molar-refractivity contribution in [2.45, 2.75) is 19.4 Å². The van der Waals surface area contributed by atoms with Crippen LogP contribution in [0, 0.1) is 0 Å². The molecule has 2 aromatic heterocycles. The third kappa shape index (κ3) is 3.39.